The van der Waals surface area contributed by atoms with Crippen molar-refractivity contribution >= 4 is 35.6 Å². The van der Waals surface area contributed by atoms with E-state index in [1.54, 1.807) is 29.2 Å². The Morgan fingerprint density at radius 2 is 1.48 bits per heavy atom. The van der Waals surface area contributed by atoms with Crippen molar-refractivity contribution in [1.29, 1.82) is 0 Å². The van der Waals surface area contributed by atoms with E-state index in [0.29, 0.717) is 49.6 Å². The van der Waals surface area contributed by atoms with Gasteiger partial charge < -0.3 is 35.6 Å². The van der Waals surface area contributed by atoms with Crippen LogP contribution in [0, 0.1) is 30.6 Å². The van der Waals surface area contributed by atoms with Crippen molar-refractivity contribution in [2.24, 2.45) is 23.7 Å². The Morgan fingerprint density at radius 1 is 0.825 bits per heavy atom. The second kappa shape index (κ2) is 18.6. The third-order valence-electron chi connectivity index (χ3n) is 11.9. The van der Waals surface area contributed by atoms with E-state index in [-0.39, 0.29) is 59.9 Å². The maximum Gasteiger partial charge on any atom is 0.410 e. The summed E-state index contributed by atoms with van der Waals surface area (Å²) in [6.45, 7) is 14.6. The molecule has 16 heteroatoms. The number of ether oxygens (including phenoxy) is 2. The topological polar surface area (TPSA) is 210 Å². The van der Waals surface area contributed by atoms with Crippen LogP contribution >= 0.6 is 0 Å². The maximum absolute atomic E-state index is 13.9. The zero-order valence-corrected chi connectivity index (χ0v) is 37.1. The van der Waals surface area contributed by atoms with E-state index in [1.807, 2.05) is 90.9 Å². The number of fused-ring (bicyclic) bond motifs is 1. The van der Waals surface area contributed by atoms with E-state index in [1.165, 1.54) is 0 Å². The minimum atomic E-state index is -0.863. The molecule has 1 saturated heterocycles. The fourth-order valence-electron chi connectivity index (χ4n) is 8.52. The second-order valence-electron chi connectivity index (χ2n) is 19.1. The molecule has 4 aromatic rings. The number of H-pyrrole nitrogens is 1. The third kappa shape index (κ3) is 11.8. The molecule has 3 fully saturated rings. The SMILES string of the molecule is Cc1cc(C(=O)NC2C3CN(C(=O)OC(C)(C)C)CC32)ccc1-c1ccc(CC(NC(=O)C2CCC(CNC(=O)OC(C)(C)C)CC2)C(=O)Nc2ccc(-c3nn[nH]n3)cc2)cc1. The Balaban J connectivity index is 0.962. The number of hydrogen-bond acceptors (Lipinski definition) is 10. The molecule has 5 amide bonds. The molecule has 0 radical (unpaired) electrons. The summed E-state index contributed by atoms with van der Waals surface area (Å²) in [7, 11) is 0. The van der Waals surface area contributed by atoms with Gasteiger partial charge in [-0.3, -0.25) is 14.4 Å². The minimum Gasteiger partial charge on any atom is -0.444 e. The molecule has 2 aliphatic carbocycles. The Labute approximate surface area is 368 Å². The van der Waals surface area contributed by atoms with Crippen molar-refractivity contribution in [2.75, 3.05) is 25.0 Å². The van der Waals surface area contributed by atoms with Crippen LogP contribution in [0.4, 0.5) is 15.3 Å². The number of amides is 5. The zero-order chi connectivity index (χ0) is 45.1. The number of nitrogens with one attached hydrogen (secondary N) is 5. The van der Waals surface area contributed by atoms with Gasteiger partial charge in [0.25, 0.3) is 5.91 Å². The van der Waals surface area contributed by atoms with Crippen molar-refractivity contribution in [3.8, 4) is 22.5 Å². The lowest BCUT2D eigenvalue weighted by Gasteiger charge is -2.29. The average Bonchev–Trinajstić information content (AvgIpc) is 3.59. The van der Waals surface area contributed by atoms with Crippen LogP contribution in [-0.2, 0) is 25.5 Å². The molecule has 3 aromatic carbocycles. The van der Waals surface area contributed by atoms with E-state index >= 15 is 0 Å². The lowest BCUT2D eigenvalue weighted by molar-refractivity contribution is -0.130. The lowest BCUT2D eigenvalue weighted by atomic mass is 9.81. The Bertz CT molecular complexity index is 2270. The van der Waals surface area contributed by atoms with Gasteiger partial charge in [-0.1, -0.05) is 30.3 Å². The van der Waals surface area contributed by atoms with Gasteiger partial charge in [-0.25, -0.2) is 9.59 Å². The minimum absolute atomic E-state index is 0.0394. The first-order valence-corrected chi connectivity index (χ1v) is 21.8. The number of likely N-dealkylation sites (tertiary alicyclic amines) is 1. The molecule has 0 bridgehead atoms. The van der Waals surface area contributed by atoms with Crippen LogP contribution in [0.2, 0.25) is 0 Å². The van der Waals surface area contributed by atoms with Gasteiger partial charge in [0.1, 0.15) is 17.2 Å². The summed E-state index contributed by atoms with van der Waals surface area (Å²) in [4.78, 5) is 67.3. The molecule has 63 heavy (non-hydrogen) atoms. The second-order valence-corrected chi connectivity index (χ2v) is 19.1. The van der Waals surface area contributed by atoms with Crippen molar-refractivity contribution < 1.29 is 33.4 Å². The van der Waals surface area contributed by atoms with Crippen molar-refractivity contribution in [3.05, 3.63) is 83.4 Å². The summed E-state index contributed by atoms with van der Waals surface area (Å²) in [5.74, 6) is 0.197. The van der Waals surface area contributed by atoms with Crippen LogP contribution < -0.4 is 21.3 Å². The number of aryl methyl sites for hydroxylation is 1. The Kier molecular flexibility index (Phi) is 13.2. The predicted molar refractivity (Wildman–Crippen MR) is 236 cm³/mol. The quantitative estimate of drug-likeness (QED) is 0.105. The highest BCUT2D eigenvalue weighted by Crippen LogP contribution is 2.46. The highest BCUT2D eigenvalue weighted by Gasteiger charge is 2.58. The first-order chi connectivity index (χ1) is 29.9. The number of aromatic nitrogens is 4. The van der Waals surface area contributed by atoms with Crippen LogP contribution in [0.1, 0.15) is 88.7 Å². The molecule has 1 aromatic heterocycles. The summed E-state index contributed by atoms with van der Waals surface area (Å²) in [6.07, 6.45) is 2.31. The summed E-state index contributed by atoms with van der Waals surface area (Å²) in [6, 6.07) is 19.8. The van der Waals surface area contributed by atoms with Crippen molar-refractivity contribution in [2.45, 2.75) is 104 Å². The molecule has 7 rings (SSSR count). The van der Waals surface area contributed by atoms with Gasteiger partial charge in [-0.2, -0.15) is 5.21 Å². The monoisotopic (exact) mass is 861 g/mol. The first kappa shape index (κ1) is 44.7. The Hall–Kier alpha value is -6.32. The molecule has 5 N–H and O–H groups in total. The predicted octanol–water partition coefficient (Wildman–Crippen LogP) is 6.43. The number of benzene rings is 3. The highest BCUT2D eigenvalue weighted by atomic mass is 16.6. The summed E-state index contributed by atoms with van der Waals surface area (Å²) in [5.41, 5.74) is 4.44. The molecule has 2 heterocycles. The average molecular weight is 862 g/mol. The molecule has 334 valence electrons. The van der Waals surface area contributed by atoms with Gasteiger partial charge >= 0.3 is 12.2 Å². The molecule has 2 saturated carbocycles. The number of carbonyl (C=O) groups excluding carboxylic acids is 5. The van der Waals surface area contributed by atoms with Crippen LogP contribution in [0.5, 0.6) is 0 Å². The number of nitrogens with zero attached hydrogens (tertiary/aromatic N) is 4. The number of tetrazole rings is 1. The van der Waals surface area contributed by atoms with E-state index in [2.05, 4.69) is 41.9 Å². The summed E-state index contributed by atoms with van der Waals surface area (Å²) >= 11 is 0. The zero-order valence-electron chi connectivity index (χ0n) is 37.1. The Morgan fingerprint density at radius 3 is 2.08 bits per heavy atom. The number of piperidine rings is 1. The fraction of sp³-hybridized carbons (Fsp3) is 0.489. The van der Waals surface area contributed by atoms with Crippen molar-refractivity contribution in [1.82, 2.24) is 41.5 Å². The van der Waals surface area contributed by atoms with Gasteiger partial charge in [0.2, 0.25) is 17.6 Å². The van der Waals surface area contributed by atoms with Crippen molar-refractivity contribution in [3.63, 3.8) is 0 Å². The number of rotatable bonds is 12. The highest BCUT2D eigenvalue weighted by molar-refractivity contribution is 5.98. The summed E-state index contributed by atoms with van der Waals surface area (Å²) < 4.78 is 10.9. The van der Waals surface area contributed by atoms with Gasteiger partial charge in [0, 0.05) is 66.7 Å². The number of aromatic amines is 1. The standard InChI is InChI=1S/C47H59N9O7/c1-27-22-33(42(58)51-39-36-25-56(26-37(36)39)45(61)63-47(5,6)7)18-21-35(27)30-12-8-28(9-13-30)23-38(43(59)49-34-19-16-31(17-20-34)40-52-54-55-53-40)50-41(57)32-14-10-29(11-15-32)24-48-44(60)62-46(2,3)4/h8-9,12-13,16-22,29,32,36-39H,10-11,14-15,23-26H2,1-7H3,(H,48,60)(H,49,59)(H,50,57)(H,51,58)(H,52,53,54,55). The first-order valence-electron chi connectivity index (χ1n) is 21.8. The van der Waals surface area contributed by atoms with Gasteiger partial charge in [-0.15, -0.1) is 10.2 Å². The number of alkyl carbamates (subject to hydrolysis) is 1. The number of hydrogen-bond donors (Lipinski definition) is 5. The number of anilines is 1. The van der Waals surface area contributed by atoms with E-state index < -0.39 is 23.3 Å². The molecular weight excluding hydrogens is 803 g/mol. The molecule has 1 aliphatic heterocycles. The van der Waals surface area contributed by atoms with Gasteiger partial charge in [-0.05, 0) is 144 Å². The summed E-state index contributed by atoms with van der Waals surface area (Å²) in [5, 5.41) is 26.1. The molecule has 0 spiro atoms. The van der Waals surface area contributed by atoms with Crippen LogP contribution in [0.25, 0.3) is 22.5 Å². The lowest BCUT2D eigenvalue weighted by Crippen LogP contribution is -2.48. The van der Waals surface area contributed by atoms with E-state index in [0.717, 1.165) is 40.7 Å². The maximum atomic E-state index is 13.9. The van der Waals surface area contributed by atoms with Crippen LogP contribution in [0.15, 0.2) is 66.7 Å². The molecular formula is C47H59N9O7. The third-order valence-corrected chi connectivity index (χ3v) is 11.9. The smallest absolute Gasteiger partial charge is 0.410 e. The molecule has 3 unspecified atom stereocenters. The van der Waals surface area contributed by atoms with E-state index in [4.69, 9.17) is 9.47 Å². The molecule has 3 atom stereocenters. The largest absolute Gasteiger partial charge is 0.444 e. The van der Waals surface area contributed by atoms with Crippen LogP contribution in [0.3, 0.4) is 0 Å². The van der Waals surface area contributed by atoms with Gasteiger partial charge in [0.05, 0.1) is 0 Å². The fourth-order valence-corrected chi connectivity index (χ4v) is 8.52. The molecule has 16 nitrogen and oxygen atoms in total. The number of carbonyl (C=O) groups is 5. The molecule has 3 aliphatic rings. The van der Waals surface area contributed by atoms with Gasteiger partial charge in [0.15, 0.2) is 0 Å². The van der Waals surface area contributed by atoms with Crippen LogP contribution in [-0.4, -0.2) is 98.4 Å². The van der Waals surface area contributed by atoms with E-state index in [9.17, 15) is 24.0 Å². The normalized spacial score (nSPS) is 21.1.